The second-order valence-electron chi connectivity index (χ2n) is 4.50. The summed E-state index contributed by atoms with van der Waals surface area (Å²) in [5.41, 5.74) is 1.02. The summed E-state index contributed by atoms with van der Waals surface area (Å²) in [6, 6.07) is 8.48. The lowest BCUT2D eigenvalue weighted by atomic mass is 10.2. The maximum absolute atomic E-state index is 9.88. The third kappa shape index (κ3) is 3.49. The Balaban J connectivity index is 1.98. The molecule has 3 nitrogen and oxygen atoms in total. The minimum absolute atomic E-state index is 0.363. The average molecular weight is 250 g/mol. The Bertz CT molecular complexity index is 448. The van der Waals surface area contributed by atoms with Crippen LogP contribution in [0.15, 0.2) is 24.3 Å². The highest BCUT2D eigenvalue weighted by molar-refractivity contribution is 7.18. The fourth-order valence-corrected chi connectivity index (χ4v) is 2.69. The number of para-hydroxylation sites is 1. The Hall–Kier alpha value is -0.970. The van der Waals surface area contributed by atoms with E-state index in [0.29, 0.717) is 19.0 Å². The van der Waals surface area contributed by atoms with E-state index in [0.717, 1.165) is 10.5 Å². The molecule has 0 saturated carbocycles. The van der Waals surface area contributed by atoms with Crippen molar-refractivity contribution in [3.8, 4) is 0 Å². The summed E-state index contributed by atoms with van der Waals surface area (Å²) < 4.78 is 1.19. The molecule has 2 N–H and O–H groups in total. The highest BCUT2D eigenvalue weighted by Crippen LogP contribution is 2.22. The number of nitrogens with one attached hydrogen (secondary N) is 1. The molecule has 2 rings (SSSR count). The number of hydrogen-bond donors (Lipinski definition) is 2. The molecule has 1 atom stereocenters. The summed E-state index contributed by atoms with van der Waals surface area (Å²) in [6.45, 7) is 4.77. The minimum Gasteiger partial charge on any atom is -0.391 e. The molecule has 1 unspecified atom stereocenters. The van der Waals surface area contributed by atoms with Gasteiger partial charge in [-0.25, -0.2) is 4.98 Å². The molecule has 0 bridgehead atoms. The first-order valence-corrected chi connectivity index (χ1v) is 6.72. The van der Waals surface area contributed by atoms with Crippen molar-refractivity contribution in [2.75, 3.05) is 6.54 Å². The van der Waals surface area contributed by atoms with Crippen LogP contribution in [0, 0.1) is 0 Å². The fraction of sp³-hybridized carbons (Fsp3) is 0.462. The van der Waals surface area contributed by atoms with Crippen molar-refractivity contribution in [1.82, 2.24) is 10.3 Å². The predicted octanol–water partition coefficient (Wildman–Crippen LogP) is 2.20. The topological polar surface area (TPSA) is 45.1 Å². The van der Waals surface area contributed by atoms with Crippen molar-refractivity contribution in [2.24, 2.45) is 0 Å². The van der Waals surface area contributed by atoms with Crippen LogP contribution in [-0.4, -0.2) is 28.8 Å². The normalized spacial score (nSPS) is 13.4. The molecule has 17 heavy (non-hydrogen) atoms. The molecule has 92 valence electrons. The second kappa shape index (κ2) is 5.58. The van der Waals surface area contributed by atoms with Gasteiger partial charge in [0.25, 0.3) is 0 Å². The Morgan fingerprint density at radius 2 is 2.12 bits per heavy atom. The lowest BCUT2D eigenvalue weighted by molar-refractivity contribution is 0.169. The number of fused-ring (bicyclic) bond motifs is 1. The monoisotopic (exact) mass is 250 g/mol. The molecule has 0 aliphatic rings. The van der Waals surface area contributed by atoms with Crippen LogP contribution in [0.5, 0.6) is 0 Å². The van der Waals surface area contributed by atoms with Crippen molar-refractivity contribution in [3.05, 3.63) is 29.3 Å². The Morgan fingerprint density at radius 3 is 2.82 bits per heavy atom. The van der Waals surface area contributed by atoms with Crippen LogP contribution in [0.3, 0.4) is 0 Å². The van der Waals surface area contributed by atoms with E-state index in [9.17, 15) is 5.11 Å². The van der Waals surface area contributed by atoms with Gasteiger partial charge >= 0.3 is 0 Å². The van der Waals surface area contributed by atoms with E-state index in [2.05, 4.69) is 30.2 Å². The smallest absolute Gasteiger partial charge is 0.0964 e. The van der Waals surface area contributed by atoms with Gasteiger partial charge in [-0.3, -0.25) is 0 Å². The first-order valence-electron chi connectivity index (χ1n) is 5.91. The van der Waals surface area contributed by atoms with Crippen LogP contribution in [0.2, 0.25) is 0 Å². The quantitative estimate of drug-likeness (QED) is 0.855. The van der Waals surface area contributed by atoms with Crippen LogP contribution in [-0.2, 0) is 6.42 Å². The molecule has 0 amide bonds. The summed E-state index contributed by atoms with van der Waals surface area (Å²) >= 11 is 1.66. The molecular weight excluding hydrogens is 232 g/mol. The molecule has 0 aliphatic carbocycles. The van der Waals surface area contributed by atoms with E-state index in [-0.39, 0.29) is 6.10 Å². The van der Waals surface area contributed by atoms with Crippen LogP contribution < -0.4 is 5.32 Å². The molecule has 0 radical (unpaired) electrons. The maximum Gasteiger partial charge on any atom is 0.0964 e. The highest BCUT2D eigenvalue weighted by Gasteiger charge is 2.10. The van der Waals surface area contributed by atoms with Gasteiger partial charge in [0.2, 0.25) is 0 Å². The molecule has 1 aromatic heterocycles. The average Bonchev–Trinajstić information content (AvgIpc) is 2.68. The summed E-state index contributed by atoms with van der Waals surface area (Å²) in [7, 11) is 0. The molecule has 0 saturated heterocycles. The molecule has 1 aromatic carbocycles. The van der Waals surface area contributed by atoms with E-state index in [4.69, 9.17) is 0 Å². The van der Waals surface area contributed by atoms with Gasteiger partial charge in [0.05, 0.1) is 21.3 Å². The van der Waals surface area contributed by atoms with Gasteiger partial charge in [0.15, 0.2) is 0 Å². The molecule has 0 aliphatic heterocycles. The lowest BCUT2D eigenvalue weighted by Gasteiger charge is -2.12. The van der Waals surface area contributed by atoms with Crippen LogP contribution in [0.1, 0.15) is 18.9 Å². The Morgan fingerprint density at radius 1 is 1.35 bits per heavy atom. The first kappa shape index (κ1) is 12.5. The first-order chi connectivity index (χ1) is 8.15. The summed E-state index contributed by atoms with van der Waals surface area (Å²) in [5, 5.41) is 14.1. The van der Waals surface area contributed by atoms with E-state index >= 15 is 0 Å². The molecule has 4 heteroatoms. The van der Waals surface area contributed by atoms with Gasteiger partial charge in [-0.1, -0.05) is 26.0 Å². The Kier molecular flexibility index (Phi) is 4.10. The fourth-order valence-electron chi connectivity index (χ4n) is 1.65. The zero-order chi connectivity index (χ0) is 12.3. The minimum atomic E-state index is -0.363. The number of aliphatic hydroxyl groups excluding tert-OH is 1. The standard InChI is InChI=1S/C13H18N2OS/c1-9(2)14-8-10(16)7-13-15-11-5-3-4-6-12(11)17-13/h3-6,9-10,14,16H,7-8H2,1-2H3. The van der Waals surface area contributed by atoms with Crippen molar-refractivity contribution >= 4 is 21.6 Å². The lowest BCUT2D eigenvalue weighted by Crippen LogP contribution is -2.32. The van der Waals surface area contributed by atoms with Gasteiger partial charge in [-0.2, -0.15) is 0 Å². The SMILES string of the molecule is CC(C)NCC(O)Cc1nc2ccccc2s1. The number of benzene rings is 1. The maximum atomic E-state index is 9.88. The largest absolute Gasteiger partial charge is 0.391 e. The van der Waals surface area contributed by atoms with Crippen molar-refractivity contribution < 1.29 is 5.11 Å². The van der Waals surface area contributed by atoms with Crippen molar-refractivity contribution in [3.63, 3.8) is 0 Å². The molecule has 0 spiro atoms. The molecule has 2 aromatic rings. The number of nitrogens with zero attached hydrogens (tertiary/aromatic N) is 1. The Labute approximate surface area is 106 Å². The number of aromatic nitrogens is 1. The van der Waals surface area contributed by atoms with Gasteiger partial charge < -0.3 is 10.4 Å². The number of thiazole rings is 1. The summed E-state index contributed by atoms with van der Waals surface area (Å²) in [6.07, 6.45) is 0.261. The van der Waals surface area contributed by atoms with Gasteiger partial charge in [-0.15, -0.1) is 11.3 Å². The van der Waals surface area contributed by atoms with Crippen molar-refractivity contribution in [1.29, 1.82) is 0 Å². The van der Waals surface area contributed by atoms with Gasteiger partial charge in [0.1, 0.15) is 0 Å². The van der Waals surface area contributed by atoms with E-state index < -0.39 is 0 Å². The zero-order valence-corrected chi connectivity index (χ0v) is 11.0. The number of hydrogen-bond acceptors (Lipinski definition) is 4. The predicted molar refractivity (Wildman–Crippen MR) is 72.5 cm³/mol. The number of rotatable bonds is 5. The molecule has 0 fully saturated rings. The summed E-state index contributed by atoms with van der Waals surface area (Å²) in [4.78, 5) is 4.51. The zero-order valence-electron chi connectivity index (χ0n) is 10.2. The van der Waals surface area contributed by atoms with Crippen LogP contribution >= 0.6 is 11.3 Å². The highest BCUT2D eigenvalue weighted by atomic mass is 32.1. The van der Waals surface area contributed by atoms with Crippen LogP contribution in [0.4, 0.5) is 0 Å². The third-order valence-electron chi connectivity index (χ3n) is 2.51. The molecule has 1 heterocycles. The van der Waals surface area contributed by atoms with Crippen molar-refractivity contribution in [2.45, 2.75) is 32.4 Å². The van der Waals surface area contributed by atoms with Gasteiger partial charge in [-0.05, 0) is 12.1 Å². The third-order valence-corrected chi connectivity index (χ3v) is 3.57. The molecular formula is C13H18N2OS. The second-order valence-corrected chi connectivity index (χ2v) is 5.61. The van der Waals surface area contributed by atoms with E-state index in [1.165, 1.54) is 4.70 Å². The summed E-state index contributed by atoms with van der Waals surface area (Å²) in [5.74, 6) is 0. The van der Waals surface area contributed by atoms with Crippen LogP contribution in [0.25, 0.3) is 10.2 Å². The van der Waals surface area contributed by atoms with Gasteiger partial charge in [0, 0.05) is 19.0 Å². The van der Waals surface area contributed by atoms with E-state index in [1.54, 1.807) is 11.3 Å². The van der Waals surface area contributed by atoms with E-state index in [1.807, 2.05) is 18.2 Å². The number of aliphatic hydroxyl groups is 1.